The predicted molar refractivity (Wildman–Crippen MR) is 115 cm³/mol. The van der Waals surface area contributed by atoms with Crippen molar-refractivity contribution in [1.29, 1.82) is 0 Å². The molecule has 0 aliphatic heterocycles. The van der Waals surface area contributed by atoms with Crippen LogP contribution in [0, 0.1) is 11.3 Å². The Hall–Kier alpha value is -0.860. The number of esters is 1. The van der Waals surface area contributed by atoms with Crippen molar-refractivity contribution in [3.05, 3.63) is 0 Å². The normalized spacial score (nSPS) is 11.7. The SMILES string of the molecule is CCCCCC(CCCCC)CCCC(=O)OCC(C)(C)CCCCC=O. The lowest BCUT2D eigenvalue weighted by Gasteiger charge is -2.24. The highest BCUT2D eigenvalue weighted by Gasteiger charge is 2.20. The first-order chi connectivity index (χ1) is 12.9. The smallest absolute Gasteiger partial charge is 0.305 e. The minimum atomic E-state index is -0.0446. The highest BCUT2D eigenvalue weighted by Crippen LogP contribution is 2.25. The van der Waals surface area contributed by atoms with Gasteiger partial charge in [-0.2, -0.15) is 0 Å². The lowest BCUT2D eigenvalue weighted by Crippen LogP contribution is -2.22. The van der Waals surface area contributed by atoms with Crippen molar-refractivity contribution in [2.45, 2.75) is 124 Å². The Balaban J connectivity index is 4.01. The van der Waals surface area contributed by atoms with E-state index in [1.54, 1.807) is 0 Å². The second kappa shape index (κ2) is 17.3. The maximum Gasteiger partial charge on any atom is 0.305 e. The summed E-state index contributed by atoms with van der Waals surface area (Å²) in [7, 11) is 0. The lowest BCUT2D eigenvalue weighted by atomic mass is 9.88. The van der Waals surface area contributed by atoms with Crippen molar-refractivity contribution < 1.29 is 14.3 Å². The van der Waals surface area contributed by atoms with Crippen LogP contribution in [0.4, 0.5) is 0 Å². The lowest BCUT2D eigenvalue weighted by molar-refractivity contribution is -0.147. The molecule has 0 heterocycles. The Bertz CT molecular complexity index is 353. The van der Waals surface area contributed by atoms with Crippen molar-refractivity contribution in [2.75, 3.05) is 6.61 Å². The molecule has 0 saturated carbocycles. The number of rotatable bonds is 19. The number of hydrogen-bond donors (Lipinski definition) is 0. The predicted octanol–water partition coefficient (Wildman–Crippen LogP) is 7.26. The van der Waals surface area contributed by atoms with Crippen molar-refractivity contribution in [3.8, 4) is 0 Å². The Morgan fingerprint density at radius 3 is 2.04 bits per heavy atom. The average molecular weight is 383 g/mol. The minimum absolute atomic E-state index is 0.00137. The molecule has 0 aromatic heterocycles. The van der Waals surface area contributed by atoms with E-state index in [-0.39, 0.29) is 11.4 Å². The molecule has 0 atom stereocenters. The zero-order valence-electron chi connectivity index (χ0n) is 18.7. The van der Waals surface area contributed by atoms with Gasteiger partial charge in [-0.05, 0) is 37.0 Å². The van der Waals surface area contributed by atoms with Gasteiger partial charge in [0.1, 0.15) is 6.29 Å². The van der Waals surface area contributed by atoms with Crippen LogP contribution < -0.4 is 0 Å². The Morgan fingerprint density at radius 2 is 1.48 bits per heavy atom. The molecule has 160 valence electrons. The third-order valence-corrected chi connectivity index (χ3v) is 5.47. The molecule has 0 bridgehead atoms. The summed E-state index contributed by atoms with van der Waals surface area (Å²) in [6, 6.07) is 0. The molecular weight excluding hydrogens is 336 g/mol. The number of ether oxygens (including phenoxy) is 1. The first-order valence-corrected chi connectivity index (χ1v) is 11.5. The van der Waals surface area contributed by atoms with E-state index in [1.165, 1.54) is 51.4 Å². The van der Waals surface area contributed by atoms with E-state index in [0.29, 0.717) is 19.4 Å². The highest BCUT2D eigenvalue weighted by molar-refractivity contribution is 5.69. The van der Waals surface area contributed by atoms with Crippen LogP contribution in [-0.4, -0.2) is 18.9 Å². The van der Waals surface area contributed by atoms with Gasteiger partial charge >= 0.3 is 5.97 Å². The molecule has 0 saturated heterocycles. The van der Waals surface area contributed by atoms with Crippen LogP contribution in [-0.2, 0) is 14.3 Å². The monoisotopic (exact) mass is 382 g/mol. The van der Waals surface area contributed by atoms with Gasteiger partial charge in [0.05, 0.1) is 6.61 Å². The van der Waals surface area contributed by atoms with Crippen LogP contribution >= 0.6 is 0 Å². The van der Waals surface area contributed by atoms with Gasteiger partial charge in [0, 0.05) is 12.8 Å². The molecule has 0 unspecified atom stereocenters. The topological polar surface area (TPSA) is 43.4 Å². The molecule has 0 aliphatic rings. The second-order valence-electron chi connectivity index (χ2n) is 8.99. The van der Waals surface area contributed by atoms with Crippen LogP contribution in [0.1, 0.15) is 124 Å². The van der Waals surface area contributed by atoms with E-state index in [4.69, 9.17) is 4.74 Å². The van der Waals surface area contributed by atoms with Gasteiger partial charge in [-0.15, -0.1) is 0 Å². The molecule has 0 N–H and O–H groups in total. The molecular formula is C24H46O3. The minimum Gasteiger partial charge on any atom is -0.465 e. The van der Waals surface area contributed by atoms with Gasteiger partial charge in [-0.25, -0.2) is 0 Å². The zero-order valence-corrected chi connectivity index (χ0v) is 18.7. The van der Waals surface area contributed by atoms with Crippen molar-refractivity contribution in [2.24, 2.45) is 11.3 Å². The summed E-state index contributed by atoms with van der Waals surface area (Å²) in [6.45, 7) is 9.28. The van der Waals surface area contributed by atoms with Crippen LogP contribution in [0.2, 0.25) is 0 Å². The third kappa shape index (κ3) is 17.0. The van der Waals surface area contributed by atoms with E-state index in [1.807, 2.05) is 0 Å². The maximum absolute atomic E-state index is 12.1. The molecule has 3 nitrogen and oxygen atoms in total. The van der Waals surface area contributed by atoms with E-state index >= 15 is 0 Å². The Kier molecular flexibility index (Phi) is 16.7. The molecule has 0 aromatic rings. The van der Waals surface area contributed by atoms with Crippen LogP contribution in [0.3, 0.4) is 0 Å². The first-order valence-electron chi connectivity index (χ1n) is 11.5. The summed E-state index contributed by atoms with van der Waals surface area (Å²) in [5.41, 5.74) is 0.00137. The van der Waals surface area contributed by atoms with Gasteiger partial charge in [0.15, 0.2) is 0 Å². The maximum atomic E-state index is 12.1. The molecule has 0 radical (unpaired) electrons. The molecule has 0 aromatic carbocycles. The largest absolute Gasteiger partial charge is 0.465 e. The van der Waals surface area contributed by atoms with Gasteiger partial charge in [0.25, 0.3) is 0 Å². The number of unbranched alkanes of at least 4 members (excludes halogenated alkanes) is 6. The standard InChI is InChI=1S/C24H46O3/c1-5-7-10-15-22(16-11-8-6-2)17-14-18-23(26)27-21-24(3,4)19-12-9-13-20-25/h20,22H,5-19,21H2,1-4H3. The van der Waals surface area contributed by atoms with Crippen molar-refractivity contribution >= 4 is 12.3 Å². The van der Waals surface area contributed by atoms with Gasteiger partial charge in [-0.3, -0.25) is 4.79 Å². The molecule has 0 amide bonds. The molecule has 0 aliphatic carbocycles. The van der Waals surface area contributed by atoms with Gasteiger partial charge in [-0.1, -0.05) is 85.5 Å². The van der Waals surface area contributed by atoms with Crippen LogP contribution in [0.5, 0.6) is 0 Å². The molecule has 27 heavy (non-hydrogen) atoms. The van der Waals surface area contributed by atoms with Gasteiger partial charge in [0.2, 0.25) is 0 Å². The number of carbonyl (C=O) groups is 2. The van der Waals surface area contributed by atoms with Crippen LogP contribution in [0.15, 0.2) is 0 Å². The second-order valence-corrected chi connectivity index (χ2v) is 8.99. The summed E-state index contributed by atoms with van der Waals surface area (Å²) in [6.07, 6.45) is 17.7. The van der Waals surface area contributed by atoms with Crippen molar-refractivity contribution in [3.63, 3.8) is 0 Å². The summed E-state index contributed by atoms with van der Waals surface area (Å²) in [5, 5.41) is 0. The number of hydrogen-bond acceptors (Lipinski definition) is 3. The fourth-order valence-corrected chi connectivity index (χ4v) is 3.59. The third-order valence-electron chi connectivity index (χ3n) is 5.47. The summed E-state index contributed by atoms with van der Waals surface area (Å²) in [5.74, 6) is 0.738. The fraction of sp³-hybridized carbons (Fsp3) is 0.917. The molecule has 0 spiro atoms. The molecule has 0 rings (SSSR count). The highest BCUT2D eigenvalue weighted by atomic mass is 16.5. The quantitative estimate of drug-likeness (QED) is 0.134. The summed E-state index contributed by atoms with van der Waals surface area (Å²) >= 11 is 0. The van der Waals surface area contributed by atoms with E-state index < -0.39 is 0 Å². The van der Waals surface area contributed by atoms with Crippen LogP contribution in [0.25, 0.3) is 0 Å². The number of aldehydes is 1. The fourth-order valence-electron chi connectivity index (χ4n) is 3.59. The average Bonchev–Trinajstić information content (AvgIpc) is 2.64. The van der Waals surface area contributed by atoms with E-state index in [9.17, 15) is 9.59 Å². The Morgan fingerprint density at radius 1 is 0.889 bits per heavy atom. The first kappa shape index (κ1) is 26.1. The van der Waals surface area contributed by atoms with E-state index in [0.717, 1.165) is 44.3 Å². The Labute approximate surface area is 169 Å². The summed E-state index contributed by atoms with van der Waals surface area (Å²) in [4.78, 5) is 22.5. The molecule has 3 heteroatoms. The summed E-state index contributed by atoms with van der Waals surface area (Å²) < 4.78 is 5.53. The van der Waals surface area contributed by atoms with E-state index in [2.05, 4.69) is 27.7 Å². The number of carbonyl (C=O) groups excluding carboxylic acids is 2. The van der Waals surface area contributed by atoms with Crippen molar-refractivity contribution in [1.82, 2.24) is 0 Å². The van der Waals surface area contributed by atoms with Gasteiger partial charge < -0.3 is 9.53 Å². The molecule has 0 fully saturated rings. The zero-order chi connectivity index (χ0) is 20.4.